The first-order valence-corrected chi connectivity index (χ1v) is 11.4. The Morgan fingerprint density at radius 3 is 2.70 bits per heavy atom. The van der Waals surface area contributed by atoms with Crippen LogP contribution in [0.25, 0.3) is 5.69 Å². The number of pyridine rings is 1. The van der Waals surface area contributed by atoms with Crippen LogP contribution in [0, 0.1) is 0 Å². The number of hydrogen-bond acceptors (Lipinski definition) is 6. The second-order valence-corrected chi connectivity index (χ2v) is 8.93. The largest absolute Gasteiger partial charge is 0.439 e. The molecule has 7 nitrogen and oxygen atoms in total. The molecule has 1 saturated carbocycles. The number of halogens is 2. The number of alkyl halides is 1. The Morgan fingerprint density at radius 2 is 2.03 bits per heavy atom. The molecular formula is C24H24ClFN4O3. The Balaban J connectivity index is 1.26. The molecule has 1 atom stereocenters. The van der Waals surface area contributed by atoms with Crippen LogP contribution in [-0.2, 0) is 4.74 Å². The molecule has 0 radical (unpaired) electrons. The molecule has 0 unspecified atom stereocenters. The second kappa shape index (κ2) is 9.11. The van der Waals surface area contributed by atoms with Crippen LogP contribution in [0.3, 0.4) is 0 Å². The highest BCUT2D eigenvalue weighted by Crippen LogP contribution is 2.40. The Kier molecular flexibility index (Phi) is 6.03. The number of ether oxygens (including phenoxy) is 2. The number of anilines is 1. The average molecular weight is 471 g/mol. The molecule has 172 valence electrons. The predicted molar refractivity (Wildman–Crippen MR) is 124 cm³/mol. The van der Waals surface area contributed by atoms with Crippen molar-refractivity contribution in [1.29, 1.82) is 0 Å². The molecule has 1 aliphatic heterocycles. The summed E-state index contributed by atoms with van der Waals surface area (Å²) >= 11 is 6.25. The molecule has 1 aliphatic carbocycles. The molecule has 9 heteroatoms. The van der Waals surface area contributed by atoms with E-state index >= 15 is 0 Å². The summed E-state index contributed by atoms with van der Waals surface area (Å²) in [5.74, 6) is 1.79. The lowest BCUT2D eigenvalue weighted by molar-refractivity contribution is -0.0234. The molecular weight excluding hydrogens is 447 g/mol. The lowest BCUT2D eigenvalue weighted by Crippen LogP contribution is -2.40. The van der Waals surface area contributed by atoms with Crippen LogP contribution in [-0.4, -0.2) is 40.2 Å². The van der Waals surface area contributed by atoms with Gasteiger partial charge in [0.05, 0.1) is 36.9 Å². The van der Waals surface area contributed by atoms with E-state index in [1.807, 2.05) is 12.1 Å². The second-order valence-electron chi connectivity index (χ2n) is 8.55. The maximum Gasteiger partial charge on any atom is 0.292 e. The van der Waals surface area contributed by atoms with Crippen LogP contribution >= 0.6 is 11.6 Å². The quantitative estimate of drug-likeness (QED) is 0.530. The lowest BCUT2D eigenvalue weighted by Gasteiger charge is -2.29. The Bertz CT molecular complexity index is 1170. The van der Waals surface area contributed by atoms with Gasteiger partial charge < -0.3 is 14.8 Å². The molecule has 3 aromatic rings. The molecule has 2 aliphatic rings. The molecule has 0 spiro atoms. The van der Waals surface area contributed by atoms with Gasteiger partial charge in [-0.1, -0.05) is 23.7 Å². The number of benzene rings is 1. The highest BCUT2D eigenvalue weighted by molar-refractivity contribution is 6.32. The number of nitrogens with one attached hydrogen (secondary N) is 1. The van der Waals surface area contributed by atoms with E-state index in [-0.39, 0.29) is 23.9 Å². The fourth-order valence-electron chi connectivity index (χ4n) is 3.85. The van der Waals surface area contributed by atoms with Gasteiger partial charge in [-0.2, -0.15) is 9.78 Å². The van der Waals surface area contributed by atoms with Gasteiger partial charge in [-0.25, -0.2) is 9.37 Å². The van der Waals surface area contributed by atoms with Gasteiger partial charge in [-0.3, -0.25) is 4.79 Å². The molecule has 2 aromatic heterocycles. The summed E-state index contributed by atoms with van der Waals surface area (Å²) in [6, 6.07) is 11.4. The SMILES string of the molecule is O=c1c(Cl)c(NC[C@@]2(F)CCCOC2)cnn1-c1ccc(Oc2ccc(C3CC3)cc2)nc1. The highest BCUT2D eigenvalue weighted by Gasteiger charge is 2.32. The summed E-state index contributed by atoms with van der Waals surface area (Å²) in [4.78, 5) is 17.0. The maximum atomic E-state index is 14.7. The molecule has 33 heavy (non-hydrogen) atoms. The van der Waals surface area contributed by atoms with Gasteiger partial charge in [-0.15, -0.1) is 0 Å². The van der Waals surface area contributed by atoms with Crippen molar-refractivity contribution in [2.24, 2.45) is 0 Å². The maximum absolute atomic E-state index is 14.7. The topological polar surface area (TPSA) is 78.3 Å². The first-order chi connectivity index (χ1) is 16.0. The van der Waals surface area contributed by atoms with Gasteiger partial charge in [0, 0.05) is 12.7 Å². The van der Waals surface area contributed by atoms with Gasteiger partial charge in [0.15, 0.2) is 5.67 Å². The number of nitrogens with zero attached hydrogens (tertiary/aromatic N) is 3. The Morgan fingerprint density at radius 1 is 1.21 bits per heavy atom. The van der Waals surface area contributed by atoms with Crippen molar-refractivity contribution >= 4 is 17.3 Å². The van der Waals surface area contributed by atoms with Crippen molar-refractivity contribution in [3.8, 4) is 17.3 Å². The van der Waals surface area contributed by atoms with E-state index in [9.17, 15) is 9.18 Å². The van der Waals surface area contributed by atoms with E-state index in [2.05, 4.69) is 27.5 Å². The zero-order chi connectivity index (χ0) is 22.8. The minimum absolute atomic E-state index is 0.00686. The van der Waals surface area contributed by atoms with Gasteiger partial charge in [0.2, 0.25) is 5.88 Å². The first kappa shape index (κ1) is 21.9. The van der Waals surface area contributed by atoms with Crippen molar-refractivity contribution in [2.75, 3.05) is 25.1 Å². The van der Waals surface area contributed by atoms with Crippen LogP contribution in [0.2, 0.25) is 5.02 Å². The molecule has 2 fully saturated rings. The van der Waals surface area contributed by atoms with E-state index in [1.54, 1.807) is 12.1 Å². The Hall–Kier alpha value is -2.97. The molecule has 1 aromatic carbocycles. The average Bonchev–Trinajstić information content (AvgIpc) is 3.67. The summed E-state index contributed by atoms with van der Waals surface area (Å²) < 4.78 is 26.9. The Labute approximate surface area is 195 Å². The smallest absolute Gasteiger partial charge is 0.292 e. The third-order valence-electron chi connectivity index (χ3n) is 5.91. The van der Waals surface area contributed by atoms with E-state index in [1.165, 1.54) is 30.8 Å². The zero-order valence-electron chi connectivity index (χ0n) is 18.0. The van der Waals surface area contributed by atoms with Crippen LogP contribution in [0.5, 0.6) is 11.6 Å². The van der Waals surface area contributed by atoms with Crippen molar-refractivity contribution in [3.63, 3.8) is 0 Å². The summed E-state index contributed by atoms with van der Waals surface area (Å²) in [5, 5.41) is 6.99. The molecule has 1 N–H and O–H groups in total. The fourth-order valence-corrected chi connectivity index (χ4v) is 4.05. The fraction of sp³-hybridized carbons (Fsp3) is 0.375. The third-order valence-corrected chi connectivity index (χ3v) is 6.27. The van der Waals surface area contributed by atoms with Crippen molar-refractivity contribution in [2.45, 2.75) is 37.3 Å². The summed E-state index contributed by atoms with van der Waals surface area (Å²) in [7, 11) is 0. The van der Waals surface area contributed by atoms with E-state index in [0.717, 1.165) is 4.68 Å². The predicted octanol–water partition coefficient (Wildman–Crippen LogP) is 4.88. The van der Waals surface area contributed by atoms with Crippen molar-refractivity contribution < 1.29 is 13.9 Å². The monoisotopic (exact) mass is 470 g/mol. The summed E-state index contributed by atoms with van der Waals surface area (Å²) in [5.41, 5.74) is 0.0323. The minimum atomic E-state index is -1.49. The van der Waals surface area contributed by atoms with Crippen molar-refractivity contribution in [3.05, 3.63) is 69.7 Å². The highest BCUT2D eigenvalue weighted by atomic mass is 35.5. The zero-order valence-corrected chi connectivity index (χ0v) is 18.7. The number of aromatic nitrogens is 3. The molecule has 5 rings (SSSR count). The van der Waals surface area contributed by atoms with Gasteiger partial charge in [0.1, 0.15) is 10.8 Å². The third kappa shape index (κ3) is 5.02. The van der Waals surface area contributed by atoms with Crippen LogP contribution in [0.4, 0.5) is 10.1 Å². The number of rotatable bonds is 7. The van der Waals surface area contributed by atoms with Gasteiger partial charge >= 0.3 is 0 Å². The molecule has 1 saturated heterocycles. The summed E-state index contributed by atoms with van der Waals surface area (Å²) in [6.45, 7) is 0.578. The van der Waals surface area contributed by atoms with Gasteiger partial charge in [-0.05, 0) is 55.4 Å². The van der Waals surface area contributed by atoms with Crippen LogP contribution in [0.15, 0.2) is 53.6 Å². The molecule has 0 bridgehead atoms. The first-order valence-electron chi connectivity index (χ1n) is 11.0. The normalized spacial score (nSPS) is 20.4. The van der Waals surface area contributed by atoms with Crippen LogP contribution < -0.4 is 15.6 Å². The van der Waals surface area contributed by atoms with E-state index in [0.29, 0.717) is 42.7 Å². The van der Waals surface area contributed by atoms with E-state index < -0.39 is 11.2 Å². The van der Waals surface area contributed by atoms with Crippen LogP contribution in [0.1, 0.15) is 37.2 Å². The molecule has 0 amide bonds. The number of hydrogen-bond donors (Lipinski definition) is 1. The van der Waals surface area contributed by atoms with Crippen molar-refractivity contribution in [1.82, 2.24) is 14.8 Å². The lowest BCUT2D eigenvalue weighted by atomic mass is 9.99. The standard InChI is InChI=1S/C24H24ClFN4O3/c25-22-20(28-14-24(26)10-1-11-32-15-24)13-29-30(23(22)31)18-6-9-21(27-12-18)33-19-7-4-17(5-8-19)16-2-3-16/h4-9,12-13,16,28H,1-3,10-11,14-15H2/t24-/m0/s1. The van der Waals surface area contributed by atoms with E-state index in [4.69, 9.17) is 21.1 Å². The summed E-state index contributed by atoms with van der Waals surface area (Å²) in [6.07, 6.45) is 6.45. The molecule has 3 heterocycles. The minimum Gasteiger partial charge on any atom is -0.439 e. The van der Waals surface area contributed by atoms with Gasteiger partial charge in [0.25, 0.3) is 5.56 Å².